The molecule has 7 heteroatoms. The first-order valence-corrected chi connectivity index (χ1v) is 9.67. The summed E-state index contributed by atoms with van der Waals surface area (Å²) < 4.78 is 8.75. The summed E-state index contributed by atoms with van der Waals surface area (Å²) in [5.74, 6) is -0.476. The van der Waals surface area contributed by atoms with Crippen LogP contribution in [0.2, 0.25) is 0 Å². The molecule has 152 valence electrons. The van der Waals surface area contributed by atoms with E-state index in [0.717, 1.165) is 16.8 Å². The van der Waals surface area contributed by atoms with E-state index in [2.05, 4.69) is 10.1 Å². The van der Waals surface area contributed by atoms with Gasteiger partial charge in [-0.05, 0) is 38.0 Å². The zero-order chi connectivity index (χ0) is 21.3. The Balaban J connectivity index is 1.54. The summed E-state index contributed by atoms with van der Waals surface area (Å²) in [6.07, 6.45) is 1.67. The maximum absolute atomic E-state index is 12.8. The Hall–Kier alpha value is -3.74. The van der Waals surface area contributed by atoms with Crippen molar-refractivity contribution in [2.24, 2.45) is 0 Å². The van der Waals surface area contributed by atoms with Crippen LogP contribution >= 0.6 is 0 Å². The third-order valence-electron chi connectivity index (χ3n) is 5.05. The molecule has 0 fully saturated rings. The lowest BCUT2D eigenvalue weighted by molar-refractivity contribution is 0.0466. The first-order valence-electron chi connectivity index (χ1n) is 9.67. The molecule has 4 aromatic rings. The van der Waals surface area contributed by atoms with Crippen LogP contribution < -0.4 is 5.56 Å². The van der Waals surface area contributed by atoms with Crippen molar-refractivity contribution in [3.63, 3.8) is 0 Å². The molecule has 0 aliphatic heterocycles. The average molecular weight is 402 g/mol. The first-order chi connectivity index (χ1) is 14.4. The second-order valence-electron chi connectivity index (χ2n) is 7.24. The normalized spacial score (nSPS) is 11.0. The van der Waals surface area contributed by atoms with E-state index >= 15 is 0 Å². The molecule has 0 aliphatic carbocycles. The van der Waals surface area contributed by atoms with Gasteiger partial charge in [0.1, 0.15) is 17.8 Å². The molecule has 3 aromatic heterocycles. The fourth-order valence-electron chi connectivity index (χ4n) is 3.50. The molecular formula is C23H22N4O3. The van der Waals surface area contributed by atoms with E-state index in [1.807, 2.05) is 50.2 Å². The number of rotatable bonds is 5. The van der Waals surface area contributed by atoms with Gasteiger partial charge in [-0.2, -0.15) is 5.10 Å². The number of nitrogens with zero attached hydrogens (tertiary/aromatic N) is 4. The smallest absolute Gasteiger partial charge is 0.342 e. The minimum absolute atomic E-state index is 0.0817. The van der Waals surface area contributed by atoms with E-state index < -0.39 is 5.97 Å². The Morgan fingerprint density at radius 1 is 1.07 bits per heavy atom. The Labute approximate surface area is 173 Å². The van der Waals surface area contributed by atoms with Crippen LogP contribution in [0.25, 0.3) is 5.65 Å². The van der Waals surface area contributed by atoms with Gasteiger partial charge in [-0.15, -0.1) is 0 Å². The number of hydrogen-bond donors (Lipinski definition) is 0. The van der Waals surface area contributed by atoms with Crippen molar-refractivity contribution in [2.75, 3.05) is 0 Å². The molecule has 0 unspecified atom stereocenters. The van der Waals surface area contributed by atoms with Gasteiger partial charge in [0, 0.05) is 12.3 Å². The lowest BCUT2D eigenvalue weighted by Gasteiger charge is -2.08. The van der Waals surface area contributed by atoms with Crippen LogP contribution in [-0.2, 0) is 17.9 Å². The topological polar surface area (TPSA) is 78.5 Å². The van der Waals surface area contributed by atoms with Crippen molar-refractivity contribution in [1.29, 1.82) is 0 Å². The summed E-state index contributed by atoms with van der Waals surface area (Å²) in [4.78, 5) is 29.5. The second-order valence-corrected chi connectivity index (χ2v) is 7.24. The van der Waals surface area contributed by atoms with Crippen molar-refractivity contribution in [2.45, 2.75) is 33.9 Å². The molecule has 0 bridgehead atoms. The Morgan fingerprint density at radius 2 is 1.83 bits per heavy atom. The molecule has 0 aliphatic rings. The number of carbonyl (C=O) groups is 1. The Morgan fingerprint density at radius 3 is 2.60 bits per heavy atom. The van der Waals surface area contributed by atoms with Crippen LogP contribution in [0.5, 0.6) is 0 Å². The van der Waals surface area contributed by atoms with E-state index in [4.69, 9.17) is 4.74 Å². The highest BCUT2D eigenvalue weighted by Crippen LogP contribution is 2.17. The van der Waals surface area contributed by atoms with Crippen molar-refractivity contribution in [1.82, 2.24) is 19.2 Å². The summed E-state index contributed by atoms with van der Waals surface area (Å²) in [6.45, 7) is 6.01. The van der Waals surface area contributed by atoms with Gasteiger partial charge in [-0.3, -0.25) is 13.9 Å². The van der Waals surface area contributed by atoms with Gasteiger partial charge in [0.05, 0.1) is 23.6 Å². The molecule has 0 N–H and O–H groups in total. The molecule has 0 saturated heterocycles. The number of aromatic nitrogens is 4. The van der Waals surface area contributed by atoms with Crippen LogP contribution in [0.4, 0.5) is 0 Å². The highest BCUT2D eigenvalue weighted by molar-refractivity contribution is 5.91. The second kappa shape index (κ2) is 7.94. The summed E-state index contributed by atoms with van der Waals surface area (Å²) in [7, 11) is 0. The lowest BCUT2D eigenvalue weighted by atomic mass is 10.2. The molecule has 0 radical (unpaired) electrons. The number of ether oxygens (including phenoxy) is 1. The SMILES string of the molecule is Cc1nn(Cc2ccccc2)c(C)c1C(=O)OCc1cc(=O)n2cccc(C)c2n1. The maximum atomic E-state index is 12.8. The van der Waals surface area contributed by atoms with Crippen molar-refractivity contribution >= 4 is 11.6 Å². The third-order valence-corrected chi connectivity index (χ3v) is 5.05. The summed E-state index contributed by atoms with van der Waals surface area (Å²) >= 11 is 0. The number of pyridine rings is 1. The van der Waals surface area contributed by atoms with Gasteiger partial charge in [-0.1, -0.05) is 36.4 Å². The van der Waals surface area contributed by atoms with Gasteiger partial charge < -0.3 is 4.74 Å². The molecule has 1 aromatic carbocycles. The number of carbonyl (C=O) groups excluding carboxylic acids is 1. The number of hydrogen-bond acceptors (Lipinski definition) is 5. The Bertz CT molecular complexity index is 1290. The molecule has 0 atom stereocenters. The highest BCUT2D eigenvalue weighted by Gasteiger charge is 2.20. The maximum Gasteiger partial charge on any atom is 0.342 e. The highest BCUT2D eigenvalue weighted by atomic mass is 16.5. The standard InChI is InChI=1S/C23H22N4O3/c1-15-8-7-11-26-20(28)12-19(24-22(15)26)14-30-23(29)21-16(2)25-27(17(21)3)13-18-9-5-4-6-10-18/h4-12H,13-14H2,1-3H3. The van der Waals surface area contributed by atoms with E-state index in [1.165, 1.54) is 10.5 Å². The number of fused-ring (bicyclic) bond motifs is 1. The van der Waals surface area contributed by atoms with E-state index in [9.17, 15) is 9.59 Å². The number of esters is 1. The quantitative estimate of drug-likeness (QED) is 0.479. The minimum atomic E-state index is -0.476. The number of aryl methyl sites for hydroxylation is 2. The molecule has 3 heterocycles. The number of benzene rings is 1. The molecular weight excluding hydrogens is 380 g/mol. The van der Waals surface area contributed by atoms with Crippen LogP contribution in [0.15, 0.2) is 59.5 Å². The van der Waals surface area contributed by atoms with Gasteiger partial charge in [0.25, 0.3) is 5.56 Å². The van der Waals surface area contributed by atoms with Crippen LogP contribution in [0, 0.1) is 20.8 Å². The van der Waals surface area contributed by atoms with Crippen LogP contribution in [-0.4, -0.2) is 25.1 Å². The van der Waals surface area contributed by atoms with Crippen LogP contribution in [0.3, 0.4) is 0 Å². The minimum Gasteiger partial charge on any atom is -0.455 e. The average Bonchev–Trinajstić information content (AvgIpc) is 3.01. The first kappa shape index (κ1) is 19.6. The van der Waals surface area contributed by atoms with Crippen molar-refractivity contribution < 1.29 is 9.53 Å². The van der Waals surface area contributed by atoms with Crippen LogP contribution in [0.1, 0.15) is 38.6 Å². The van der Waals surface area contributed by atoms with Gasteiger partial charge in [0.15, 0.2) is 0 Å². The van der Waals surface area contributed by atoms with E-state index in [-0.39, 0.29) is 12.2 Å². The molecule has 0 saturated carbocycles. The zero-order valence-electron chi connectivity index (χ0n) is 17.1. The fourth-order valence-corrected chi connectivity index (χ4v) is 3.50. The summed E-state index contributed by atoms with van der Waals surface area (Å²) in [6, 6.07) is 15.0. The lowest BCUT2D eigenvalue weighted by Crippen LogP contribution is -2.17. The van der Waals surface area contributed by atoms with Gasteiger partial charge in [-0.25, -0.2) is 9.78 Å². The molecule has 7 nitrogen and oxygen atoms in total. The summed E-state index contributed by atoms with van der Waals surface area (Å²) in [5, 5.41) is 4.50. The molecule has 30 heavy (non-hydrogen) atoms. The zero-order valence-corrected chi connectivity index (χ0v) is 17.1. The predicted molar refractivity (Wildman–Crippen MR) is 113 cm³/mol. The molecule has 0 spiro atoms. The third kappa shape index (κ3) is 3.74. The largest absolute Gasteiger partial charge is 0.455 e. The van der Waals surface area contributed by atoms with E-state index in [0.29, 0.717) is 29.1 Å². The fraction of sp³-hybridized carbons (Fsp3) is 0.217. The van der Waals surface area contributed by atoms with E-state index in [1.54, 1.807) is 23.9 Å². The van der Waals surface area contributed by atoms with Gasteiger partial charge in [0.2, 0.25) is 0 Å². The van der Waals surface area contributed by atoms with Gasteiger partial charge >= 0.3 is 5.97 Å². The predicted octanol–water partition coefficient (Wildman–Crippen LogP) is 3.22. The Kier molecular flexibility index (Phi) is 5.18. The van der Waals surface area contributed by atoms with Crippen molar-refractivity contribution in [3.05, 3.63) is 98.9 Å². The monoisotopic (exact) mass is 402 g/mol. The molecule has 4 rings (SSSR count). The van der Waals surface area contributed by atoms with Crippen molar-refractivity contribution in [3.8, 4) is 0 Å². The summed E-state index contributed by atoms with van der Waals surface area (Å²) in [5.41, 5.74) is 4.52. The molecule has 0 amide bonds.